The number of rotatable bonds is 6. The van der Waals surface area contributed by atoms with Gasteiger partial charge < -0.3 is 10.6 Å². The molecule has 0 amide bonds. The van der Waals surface area contributed by atoms with Crippen molar-refractivity contribution in [1.29, 1.82) is 10.5 Å². The van der Waals surface area contributed by atoms with E-state index >= 15 is 0 Å². The smallest absolute Gasteiger partial charge is 0.213 e. The Bertz CT molecular complexity index is 1700. The first kappa shape index (κ1) is 28.1. The van der Waals surface area contributed by atoms with E-state index in [0.29, 0.717) is 33.9 Å². The molecule has 3 aromatic carbocycles. The summed E-state index contributed by atoms with van der Waals surface area (Å²) in [6, 6.07) is 18.8. The van der Waals surface area contributed by atoms with Crippen LogP contribution in [0.5, 0.6) is 0 Å². The average Bonchev–Trinajstić information content (AvgIpc) is 3.32. The van der Waals surface area contributed by atoms with Crippen LogP contribution in [0.1, 0.15) is 65.4 Å². The number of aryl methyl sites for hydroxylation is 5. The normalized spacial score (nSPS) is 11.3. The van der Waals surface area contributed by atoms with Gasteiger partial charge in [-0.05, 0) is 80.6 Å². The molecule has 8 heteroatoms. The summed E-state index contributed by atoms with van der Waals surface area (Å²) in [4.78, 5) is 0. The lowest BCUT2D eigenvalue weighted by Crippen LogP contribution is -2.13. The zero-order chi connectivity index (χ0) is 29.2. The molecule has 3 N–H and O–H groups in total. The SMILES string of the molecule is Cc1ccc(C)c(Nc2cc(C)c(N=Nc3n[nH]c(C(C)(C)C)c3C#N)c(Nc3cc(C)ccc3C)c2C#N)c1. The quantitative estimate of drug-likeness (QED) is 0.215. The van der Waals surface area contributed by atoms with E-state index in [1.807, 2.05) is 79.7 Å². The van der Waals surface area contributed by atoms with Crippen LogP contribution in [0.3, 0.4) is 0 Å². The maximum Gasteiger partial charge on any atom is 0.213 e. The van der Waals surface area contributed by atoms with Crippen LogP contribution in [0, 0.1) is 57.3 Å². The fraction of sp³-hybridized carbons (Fsp3) is 0.281. The van der Waals surface area contributed by atoms with Crippen molar-refractivity contribution in [3.63, 3.8) is 0 Å². The second-order valence-electron chi connectivity index (χ2n) is 11.2. The predicted molar refractivity (Wildman–Crippen MR) is 160 cm³/mol. The van der Waals surface area contributed by atoms with Crippen molar-refractivity contribution in [2.75, 3.05) is 10.6 Å². The molecular formula is C32H34N8. The molecule has 0 aliphatic carbocycles. The number of aromatic nitrogens is 2. The summed E-state index contributed by atoms with van der Waals surface area (Å²) < 4.78 is 0. The van der Waals surface area contributed by atoms with E-state index < -0.39 is 0 Å². The third-order valence-corrected chi connectivity index (χ3v) is 6.77. The average molecular weight is 531 g/mol. The number of hydrogen-bond acceptors (Lipinski definition) is 7. The molecule has 0 aliphatic rings. The zero-order valence-electron chi connectivity index (χ0n) is 24.3. The summed E-state index contributed by atoms with van der Waals surface area (Å²) in [6.45, 7) is 16.0. The summed E-state index contributed by atoms with van der Waals surface area (Å²) in [6.07, 6.45) is 0. The van der Waals surface area contributed by atoms with Crippen LogP contribution >= 0.6 is 0 Å². The Hall–Kier alpha value is -4.95. The van der Waals surface area contributed by atoms with Gasteiger partial charge in [0.05, 0.1) is 17.1 Å². The minimum Gasteiger partial charge on any atom is -0.354 e. The Morgan fingerprint density at radius 3 is 1.85 bits per heavy atom. The van der Waals surface area contributed by atoms with Crippen LogP contribution in [0.15, 0.2) is 52.7 Å². The van der Waals surface area contributed by atoms with Gasteiger partial charge in [0.1, 0.15) is 29.0 Å². The van der Waals surface area contributed by atoms with Crippen LogP contribution in [0.4, 0.5) is 34.3 Å². The molecular weight excluding hydrogens is 496 g/mol. The molecule has 4 rings (SSSR count). The molecule has 0 saturated carbocycles. The van der Waals surface area contributed by atoms with E-state index in [1.165, 1.54) is 0 Å². The first-order valence-corrected chi connectivity index (χ1v) is 13.1. The number of H-pyrrole nitrogens is 1. The molecule has 0 aliphatic heterocycles. The Balaban J connectivity index is 1.91. The van der Waals surface area contributed by atoms with Crippen LogP contribution in [0.25, 0.3) is 0 Å². The highest BCUT2D eigenvalue weighted by atomic mass is 15.2. The minimum absolute atomic E-state index is 0.209. The number of aromatic amines is 1. The van der Waals surface area contributed by atoms with Crippen molar-refractivity contribution in [2.45, 2.75) is 60.8 Å². The number of anilines is 4. The first-order chi connectivity index (χ1) is 18.9. The lowest BCUT2D eigenvalue weighted by molar-refractivity contribution is 0.565. The molecule has 0 atom stereocenters. The van der Waals surface area contributed by atoms with Crippen molar-refractivity contribution in [1.82, 2.24) is 10.2 Å². The Kier molecular flexibility index (Phi) is 7.74. The summed E-state index contributed by atoms with van der Waals surface area (Å²) in [5.74, 6) is 0.209. The lowest BCUT2D eigenvalue weighted by Gasteiger charge is -2.19. The van der Waals surface area contributed by atoms with Gasteiger partial charge in [0.15, 0.2) is 0 Å². The molecule has 0 unspecified atom stereocenters. The van der Waals surface area contributed by atoms with Crippen LogP contribution in [-0.2, 0) is 5.41 Å². The second kappa shape index (κ2) is 11.0. The number of benzene rings is 3. The number of nitrogens with zero attached hydrogens (tertiary/aromatic N) is 5. The summed E-state index contributed by atoms with van der Waals surface area (Å²) in [7, 11) is 0. The molecule has 0 fully saturated rings. The van der Waals surface area contributed by atoms with Gasteiger partial charge >= 0.3 is 0 Å². The van der Waals surface area contributed by atoms with Gasteiger partial charge in [-0.1, -0.05) is 45.0 Å². The van der Waals surface area contributed by atoms with Gasteiger partial charge in [-0.25, -0.2) is 0 Å². The van der Waals surface area contributed by atoms with Crippen LogP contribution < -0.4 is 10.6 Å². The Morgan fingerprint density at radius 2 is 1.30 bits per heavy atom. The van der Waals surface area contributed by atoms with E-state index in [2.05, 4.69) is 61.4 Å². The molecule has 0 saturated heterocycles. The third kappa shape index (κ3) is 5.72. The van der Waals surface area contributed by atoms with Crippen molar-refractivity contribution in [3.05, 3.63) is 87.1 Å². The van der Waals surface area contributed by atoms with Crippen molar-refractivity contribution >= 4 is 34.3 Å². The minimum atomic E-state index is -0.313. The van der Waals surface area contributed by atoms with E-state index in [1.54, 1.807) is 0 Å². The highest BCUT2D eigenvalue weighted by molar-refractivity contribution is 5.88. The van der Waals surface area contributed by atoms with Gasteiger partial charge in [0, 0.05) is 16.8 Å². The van der Waals surface area contributed by atoms with E-state index in [-0.39, 0.29) is 11.2 Å². The molecule has 1 aromatic heterocycles. The van der Waals surface area contributed by atoms with Gasteiger partial charge in [0.2, 0.25) is 5.82 Å². The molecule has 8 nitrogen and oxygen atoms in total. The summed E-state index contributed by atoms with van der Waals surface area (Å²) in [5.41, 5.74) is 9.70. The molecule has 202 valence electrons. The second-order valence-corrected chi connectivity index (χ2v) is 11.2. The Morgan fingerprint density at radius 1 is 0.725 bits per heavy atom. The number of nitrogens with one attached hydrogen (secondary N) is 3. The van der Waals surface area contributed by atoms with Crippen molar-refractivity contribution < 1.29 is 0 Å². The largest absolute Gasteiger partial charge is 0.354 e. The molecule has 0 bridgehead atoms. The Labute approximate surface area is 235 Å². The maximum atomic E-state index is 10.4. The number of azo groups is 1. The first-order valence-electron chi connectivity index (χ1n) is 13.1. The summed E-state index contributed by atoms with van der Waals surface area (Å²) >= 11 is 0. The molecule has 0 radical (unpaired) electrons. The van der Waals surface area contributed by atoms with Crippen molar-refractivity contribution in [3.8, 4) is 12.1 Å². The zero-order valence-corrected chi connectivity index (χ0v) is 24.3. The molecule has 1 heterocycles. The fourth-order valence-corrected chi connectivity index (χ4v) is 4.44. The van der Waals surface area contributed by atoms with Crippen LogP contribution in [0.2, 0.25) is 0 Å². The molecule has 40 heavy (non-hydrogen) atoms. The highest BCUT2D eigenvalue weighted by Crippen LogP contribution is 2.42. The predicted octanol–water partition coefficient (Wildman–Crippen LogP) is 8.90. The maximum absolute atomic E-state index is 10.4. The topological polar surface area (TPSA) is 125 Å². The van der Waals surface area contributed by atoms with Crippen LogP contribution in [-0.4, -0.2) is 10.2 Å². The number of nitriles is 2. The fourth-order valence-electron chi connectivity index (χ4n) is 4.44. The number of hydrogen-bond donors (Lipinski definition) is 3. The third-order valence-electron chi connectivity index (χ3n) is 6.77. The van der Waals surface area contributed by atoms with Gasteiger partial charge in [-0.2, -0.15) is 15.6 Å². The molecule has 0 spiro atoms. The standard InChI is InChI=1S/C32H34N8/c1-18-9-11-20(3)25(13-18)35-27-15-22(5)28(37-39-31-24(17-34)30(38-40-31)32(6,7)8)29(23(27)16-33)36-26-14-19(2)10-12-21(26)4/h9-15,35-36H,1-8H3,(H,38,40). The molecule has 4 aromatic rings. The van der Waals surface area contributed by atoms with Gasteiger partial charge in [-0.15, -0.1) is 10.2 Å². The van der Waals surface area contributed by atoms with E-state index in [0.717, 1.165) is 39.2 Å². The van der Waals surface area contributed by atoms with Gasteiger partial charge in [-0.3, -0.25) is 5.10 Å². The summed E-state index contributed by atoms with van der Waals surface area (Å²) in [5, 5.41) is 43.4. The van der Waals surface area contributed by atoms with Gasteiger partial charge in [0.25, 0.3) is 0 Å². The van der Waals surface area contributed by atoms with Crippen molar-refractivity contribution in [2.24, 2.45) is 10.2 Å². The highest BCUT2D eigenvalue weighted by Gasteiger charge is 2.24. The van der Waals surface area contributed by atoms with E-state index in [9.17, 15) is 10.5 Å². The van der Waals surface area contributed by atoms with E-state index in [4.69, 9.17) is 0 Å². The monoisotopic (exact) mass is 530 g/mol. The lowest BCUT2D eigenvalue weighted by atomic mass is 9.90.